The SMILES string of the molecule is CCOc1cc(/C=N\NC(=O)c2cccs2)cc(I)c1OCc1ccccc1. The molecule has 28 heavy (non-hydrogen) atoms. The summed E-state index contributed by atoms with van der Waals surface area (Å²) < 4.78 is 12.7. The van der Waals surface area contributed by atoms with Crippen molar-refractivity contribution in [3.8, 4) is 11.5 Å². The second-order valence-corrected chi connectivity index (χ2v) is 7.82. The molecule has 144 valence electrons. The highest BCUT2D eigenvalue weighted by molar-refractivity contribution is 14.1. The summed E-state index contributed by atoms with van der Waals surface area (Å²) in [5.74, 6) is 1.12. The van der Waals surface area contributed by atoms with Crippen LogP contribution in [0.3, 0.4) is 0 Å². The highest BCUT2D eigenvalue weighted by atomic mass is 127. The maximum absolute atomic E-state index is 11.9. The Morgan fingerprint density at radius 1 is 1.18 bits per heavy atom. The molecule has 3 rings (SSSR count). The van der Waals surface area contributed by atoms with Gasteiger partial charge in [0, 0.05) is 0 Å². The van der Waals surface area contributed by atoms with Gasteiger partial charge in [0.2, 0.25) is 0 Å². The van der Waals surface area contributed by atoms with Crippen molar-refractivity contribution >= 4 is 46.0 Å². The van der Waals surface area contributed by atoms with Crippen LogP contribution in [0.1, 0.15) is 27.7 Å². The molecule has 0 atom stereocenters. The van der Waals surface area contributed by atoms with Gasteiger partial charge in [0.1, 0.15) is 6.61 Å². The third-order valence-corrected chi connectivity index (χ3v) is 5.35. The van der Waals surface area contributed by atoms with E-state index in [1.54, 1.807) is 12.3 Å². The summed E-state index contributed by atoms with van der Waals surface area (Å²) in [5, 5.41) is 5.90. The molecule has 0 aliphatic rings. The molecule has 0 radical (unpaired) electrons. The zero-order valence-electron chi connectivity index (χ0n) is 15.2. The molecule has 0 aliphatic carbocycles. The van der Waals surface area contributed by atoms with Gasteiger partial charge in [0.05, 0.1) is 21.3 Å². The first-order chi connectivity index (χ1) is 13.7. The summed E-state index contributed by atoms with van der Waals surface area (Å²) in [6.45, 7) is 2.91. The van der Waals surface area contributed by atoms with Crippen molar-refractivity contribution in [3.63, 3.8) is 0 Å². The average Bonchev–Trinajstić information content (AvgIpc) is 3.23. The summed E-state index contributed by atoms with van der Waals surface area (Å²) in [4.78, 5) is 12.6. The fourth-order valence-corrected chi connectivity index (χ4v) is 3.82. The van der Waals surface area contributed by atoms with Crippen molar-refractivity contribution in [2.45, 2.75) is 13.5 Å². The Balaban J connectivity index is 1.72. The molecule has 0 spiro atoms. The first-order valence-corrected chi connectivity index (χ1v) is 10.6. The van der Waals surface area contributed by atoms with Crippen molar-refractivity contribution in [2.75, 3.05) is 6.61 Å². The quantitative estimate of drug-likeness (QED) is 0.263. The minimum absolute atomic E-state index is 0.228. The van der Waals surface area contributed by atoms with Crippen LogP contribution in [0.2, 0.25) is 0 Å². The Labute approximate surface area is 181 Å². The van der Waals surface area contributed by atoms with Crippen molar-refractivity contribution in [1.29, 1.82) is 0 Å². The van der Waals surface area contributed by atoms with Crippen LogP contribution in [-0.2, 0) is 6.61 Å². The summed E-state index contributed by atoms with van der Waals surface area (Å²) >= 11 is 3.59. The lowest BCUT2D eigenvalue weighted by Gasteiger charge is -2.14. The number of nitrogens with zero attached hydrogens (tertiary/aromatic N) is 1. The summed E-state index contributed by atoms with van der Waals surface area (Å²) in [7, 11) is 0. The Kier molecular flexibility index (Phi) is 7.44. The predicted octanol–water partition coefficient (Wildman–Crippen LogP) is 5.09. The van der Waals surface area contributed by atoms with Crippen LogP contribution in [0.5, 0.6) is 11.5 Å². The lowest BCUT2D eigenvalue weighted by atomic mass is 10.2. The number of carbonyl (C=O) groups excluding carboxylic acids is 1. The Hall–Kier alpha value is -2.39. The van der Waals surface area contributed by atoms with Gasteiger partial charge in [-0.05, 0) is 64.2 Å². The van der Waals surface area contributed by atoms with Gasteiger partial charge in [-0.25, -0.2) is 5.43 Å². The van der Waals surface area contributed by atoms with Gasteiger partial charge in [0.25, 0.3) is 5.91 Å². The van der Waals surface area contributed by atoms with Crippen LogP contribution in [0, 0.1) is 3.57 Å². The maximum Gasteiger partial charge on any atom is 0.281 e. The molecule has 1 heterocycles. The van der Waals surface area contributed by atoms with Crippen LogP contribution in [-0.4, -0.2) is 18.7 Å². The number of hydrazone groups is 1. The number of nitrogens with one attached hydrogen (secondary N) is 1. The van der Waals surface area contributed by atoms with Crippen LogP contribution >= 0.6 is 33.9 Å². The van der Waals surface area contributed by atoms with Crippen molar-refractivity contribution < 1.29 is 14.3 Å². The minimum atomic E-state index is -0.228. The second-order valence-electron chi connectivity index (χ2n) is 5.71. The first-order valence-electron chi connectivity index (χ1n) is 8.67. The molecule has 2 aromatic carbocycles. The van der Waals surface area contributed by atoms with Gasteiger partial charge in [0.15, 0.2) is 11.5 Å². The van der Waals surface area contributed by atoms with Gasteiger partial charge in [-0.15, -0.1) is 11.3 Å². The summed E-state index contributed by atoms with van der Waals surface area (Å²) in [6.07, 6.45) is 1.59. The number of thiophene rings is 1. The molecule has 1 aromatic heterocycles. The first kappa shape index (κ1) is 20.3. The number of ether oxygens (including phenoxy) is 2. The summed E-state index contributed by atoms with van der Waals surface area (Å²) in [5.41, 5.74) is 4.43. The molecule has 0 aliphatic heterocycles. The Bertz CT molecular complexity index is 944. The van der Waals surface area contributed by atoms with Crippen molar-refractivity contribution in [2.24, 2.45) is 5.10 Å². The highest BCUT2D eigenvalue weighted by Gasteiger charge is 2.12. The van der Waals surface area contributed by atoms with E-state index in [-0.39, 0.29) is 5.91 Å². The van der Waals surface area contributed by atoms with Crippen LogP contribution in [0.15, 0.2) is 65.1 Å². The van der Waals surface area contributed by atoms with Crippen molar-refractivity contribution in [3.05, 3.63) is 79.6 Å². The number of hydrogen-bond donors (Lipinski definition) is 1. The van der Waals surface area contributed by atoms with E-state index in [4.69, 9.17) is 9.47 Å². The molecule has 3 aromatic rings. The van der Waals surface area contributed by atoms with Gasteiger partial charge in [-0.3, -0.25) is 4.79 Å². The fourth-order valence-electron chi connectivity index (χ4n) is 2.42. The third kappa shape index (κ3) is 5.56. The van der Waals surface area contributed by atoms with Crippen LogP contribution < -0.4 is 14.9 Å². The molecule has 1 amide bonds. The average molecular weight is 506 g/mol. The lowest BCUT2D eigenvalue weighted by molar-refractivity contribution is 0.0959. The number of benzene rings is 2. The molecule has 0 unspecified atom stereocenters. The van der Waals surface area contributed by atoms with E-state index < -0.39 is 0 Å². The summed E-state index contributed by atoms with van der Waals surface area (Å²) in [6, 6.07) is 17.4. The predicted molar refractivity (Wildman–Crippen MR) is 120 cm³/mol. The van der Waals surface area contributed by atoms with Crippen LogP contribution in [0.4, 0.5) is 0 Å². The number of amides is 1. The fraction of sp³-hybridized carbons (Fsp3) is 0.143. The number of rotatable bonds is 8. The smallest absolute Gasteiger partial charge is 0.281 e. The molecular formula is C21H19IN2O3S. The number of halogens is 1. The number of hydrogen-bond acceptors (Lipinski definition) is 5. The zero-order valence-corrected chi connectivity index (χ0v) is 18.2. The van der Waals surface area contributed by atoms with Crippen molar-refractivity contribution in [1.82, 2.24) is 5.43 Å². The maximum atomic E-state index is 11.9. The molecule has 0 fully saturated rings. The molecular weight excluding hydrogens is 487 g/mol. The topological polar surface area (TPSA) is 59.9 Å². The van der Waals surface area contributed by atoms with E-state index in [9.17, 15) is 4.79 Å². The van der Waals surface area contributed by atoms with E-state index in [0.29, 0.717) is 29.6 Å². The zero-order chi connectivity index (χ0) is 19.8. The van der Waals surface area contributed by atoms with E-state index in [1.165, 1.54) is 11.3 Å². The largest absolute Gasteiger partial charge is 0.490 e. The second kappa shape index (κ2) is 10.2. The normalized spacial score (nSPS) is 10.8. The lowest BCUT2D eigenvalue weighted by Crippen LogP contribution is -2.16. The van der Waals surface area contributed by atoms with E-state index in [1.807, 2.05) is 60.8 Å². The van der Waals surface area contributed by atoms with Gasteiger partial charge < -0.3 is 9.47 Å². The Morgan fingerprint density at radius 3 is 2.71 bits per heavy atom. The molecule has 0 bridgehead atoms. The van der Waals surface area contributed by atoms with Gasteiger partial charge >= 0.3 is 0 Å². The third-order valence-electron chi connectivity index (χ3n) is 3.68. The molecule has 0 saturated heterocycles. The van der Waals surface area contributed by atoms with Gasteiger partial charge in [-0.1, -0.05) is 36.4 Å². The molecule has 7 heteroatoms. The monoisotopic (exact) mass is 506 g/mol. The molecule has 0 saturated carbocycles. The minimum Gasteiger partial charge on any atom is -0.490 e. The van der Waals surface area contributed by atoms with E-state index >= 15 is 0 Å². The molecule has 5 nitrogen and oxygen atoms in total. The Morgan fingerprint density at radius 2 is 2.00 bits per heavy atom. The highest BCUT2D eigenvalue weighted by Crippen LogP contribution is 2.34. The number of carbonyl (C=O) groups is 1. The standard InChI is InChI=1S/C21H19IN2O3S/c1-2-26-18-12-16(13-23-24-21(25)19-9-6-10-28-19)11-17(22)20(18)27-14-15-7-4-3-5-8-15/h3-13H,2,14H2,1H3,(H,24,25)/b23-13-. The van der Waals surface area contributed by atoms with E-state index in [2.05, 4.69) is 33.1 Å². The van der Waals surface area contributed by atoms with Gasteiger partial charge in [-0.2, -0.15) is 5.10 Å². The van der Waals surface area contributed by atoms with E-state index in [0.717, 1.165) is 14.7 Å². The van der Waals surface area contributed by atoms with Crippen LogP contribution in [0.25, 0.3) is 0 Å². The molecule has 1 N–H and O–H groups in total.